The van der Waals surface area contributed by atoms with Crippen LogP contribution in [0.4, 0.5) is 0 Å². The van der Waals surface area contributed by atoms with E-state index in [1.165, 1.54) is 0 Å². The fourth-order valence-electron chi connectivity index (χ4n) is 0.698. The second-order valence-electron chi connectivity index (χ2n) is 8.18. The van der Waals surface area contributed by atoms with E-state index in [9.17, 15) is 0 Å². The van der Waals surface area contributed by atoms with Crippen molar-refractivity contribution in [3.63, 3.8) is 0 Å². The van der Waals surface area contributed by atoms with Gasteiger partial charge in [-0.15, -0.1) is 0 Å². The zero-order valence-corrected chi connectivity index (χ0v) is 27.8. The zero-order valence-electron chi connectivity index (χ0n) is 27.8. The van der Waals surface area contributed by atoms with E-state index in [1.807, 2.05) is 138 Å². The average molecular weight is 498 g/mol. The van der Waals surface area contributed by atoms with Crippen molar-refractivity contribution >= 4 is 0 Å². The molecule has 2 aromatic rings. The van der Waals surface area contributed by atoms with E-state index < -0.39 is 0 Å². The van der Waals surface area contributed by atoms with Crippen molar-refractivity contribution in [2.24, 2.45) is 10.8 Å². The first-order chi connectivity index (χ1) is 16.0. The molecule has 0 N–H and O–H groups in total. The first-order valence-corrected chi connectivity index (χ1v) is 13.8. The maximum atomic E-state index is 3.78. The molecular weight excluding hydrogens is 422 g/mol. The fraction of sp³-hybridized carbons (Fsp3) is 0.676. The molecule has 0 spiro atoms. The summed E-state index contributed by atoms with van der Waals surface area (Å²) < 4.78 is 0. The minimum atomic E-state index is 0. The Morgan fingerprint density at radius 2 is 0.429 bits per heavy atom. The third-order valence-electron chi connectivity index (χ3n) is 1.23. The molecule has 0 bridgehead atoms. The van der Waals surface area contributed by atoms with Gasteiger partial charge in [-0.2, -0.15) is 0 Å². The largest absolute Gasteiger partial charge is 0.265 e. The van der Waals surface area contributed by atoms with E-state index in [0.717, 1.165) is 0 Å². The average Bonchev–Trinajstić information content (AvgIpc) is 2.87. The second kappa shape index (κ2) is 63.7. The summed E-state index contributed by atoms with van der Waals surface area (Å²) in [5, 5.41) is 0. The van der Waals surface area contributed by atoms with Crippen LogP contribution in [0, 0.1) is 10.8 Å². The minimum Gasteiger partial charge on any atom is -0.265 e. The summed E-state index contributed by atoms with van der Waals surface area (Å²) in [5.41, 5.74) is 1.00. The molecule has 0 saturated carbocycles. The second-order valence-corrected chi connectivity index (χ2v) is 8.18. The van der Waals surface area contributed by atoms with Crippen molar-refractivity contribution in [1.82, 2.24) is 4.98 Å². The summed E-state index contributed by atoms with van der Waals surface area (Å²) in [7, 11) is 0. The van der Waals surface area contributed by atoms with Crippen LogP contribution in [0.2, 0.25) is 0 Å². The lowest BCUT2D eigenvalue weighted by Gasteiger charge is -2.05. The lowest BCUT2D eigenvalue weighted by Crippen LogP contribution is -1.93. The molecule has 0 radical (unpaired) electrons. The van der Waals surface area contributed by atoms with Gasteiger partial charge in [0.05, 0.1) is 0 Å². The number of aromatic nitrogens is 1. The number of rotatable bonds is 0. The van der Waals surface area contributed by atoms with Crippen molar-refractivity contribution < 1.29 is 0 Å². The summed E-state index contributed by atoms with van der Waals surface area (Å²) in [5.74, 6) is 0. The quantitative estimate of drug-likeness (QED) is 0.352. The summed E-state index contributed by atoms with van der Waals surface area (Å²) in [4.78, 5) is 3.78. The van der Waals surface area contributed by atoms with Gasteiger partial charge in [-0.1, -0.05) is 188 Å². The Morgan fingerprint density at radius 1 is 0.314 bits per heavy atom. The Morgan fingerprint density at radius 3 is 0.486 bits per heavy atom. The monoisotopic (exact) mass is 498 g/mol. The van der Waals surface area contributed by atoms with E-state index in [-0.39, 0.29) is 7.43 Å². The maximum absolute atomic E-state index is 3.78. The van der Waals surface area contributed by atoms with Crippen LogP contribution in [0.1, 0.15) is 146 Å². The van der Waals surface area contributed by atoms with Gasteiger partial charge in [-0.05, 0) is 23.0 Å². The number of hydrogen-bond donors (Lipinski definition) is 0. The molecule has 1 heterocycles. The van der Waals surface area contributed by atoms with Crippen LogP contribution in [0.3, 0.4) is 0 Å². The van der Waals surface area contributed by atoms with Crippen LogP contribution in [-0.4, -0.2) is 4.98 Å². The van der Waals surface area contributed by atoms with Gasteiger partial charge in [-0.25, -0.2) is 0 Å². The molecule has 1 aromatic carbocycles. The van der Waals surface area contributed by atoms with Gasteiger partial charge in [0.15, 0.2) is 0 Å². The van der Waals surface area contributed by atoms with Crippen LogP contribution < -0.4 is 0 Å². The molecule has 0 saturated heterocycles. The van der Waals surface area contributed by atoms with Crippen LogP contribution in [0.25, 0.3) is 0 Å². The normalized spacial score (nSPS) is 7.20. The molecular formula is C34H75N. The van der Waals surface area contributed by atoms with Gasteiger partial charge >= 0.3 is 0 Å². The zero-order chi connectivity index (χ0) is 29.5. The number of nitrogens with zero attached hydrogens (tertiary/aromatic N) is 1. The molecule has 0 amide bonds. The molecule has 0 aliphatic heterocycles. The first kappa shape index (κ1) is 58.9. The van der Waals surface area contributed by atoms with E-state index in [4.69, 9.17) is 0 Å². The first-order valence-electron chi connectivity index (χ1n) is 13.8. The van der Waals surface area contributed by atoms with Crippen molar-refractivity contribution in [3.8, 4) is 0 Å². The van der Waals surface area contributed by atoms with E-state index in [1.54, 1.807) is 12.4 Å². The summed E-state index contributed by atoms with van der Waals surface area (Å²) in [6.07, 6.45) is 3.50. The Hall–Kier alpha value is -1.63. The molecule has 216 valence electrons. The number of pyridine rings is 1. The highest BCUT2D eigenvalue weighted by Gasteiger charge is 1.96. The molecule has 1 aromatic heterocycles. The van der Waals surface area contributed by atoms with Crippen LogP contribution in [0.15, 0.2) is 67.0 Å². The van der Waals surface area contributed by atoms with Crippen LogP contribution in [0.5, 0.6) is 0 Å². The van der Waals surface area contributed by atoms with Crippen LogP contribution >= 0.6 is 0 Å². The van der Waals surface area contributed by atoms with E-state index >= 15 is 0 Å². The third-order valence-corrected chi connectivity index (χ3v) is 1.23. The third kappa shape index (κ3) is 278. The molecule has 0 unspecified atom stereocenters. The predicted octanol–water partition coefficient (Wildman–Crippen LogP) is 13.7. The predicted molar refractivity (Wildman–Crippen MR) is 176 cm³/mol. The molecule has 0 aliphatic rings. The standard InChI is InChI=1S/C6H6.C5H5N.2C5H12.6C2H6.CH4/c2*1-2-4-6-5-3-1;2*1-5(2,3)4;6*1-2;/h1-6H;1-5H;2*1-4H3;6*1-2H3;1H4. The summed E-state index contributed by atoms with van der Waals surface area (Å²) >= 11 is 0. The Balaban J connectivity index is -0.0000000320. The van der Waals surface area contributed by atoms with Gasteiger partial charge in [0.1, 0.15) is 0 Å². The molecule has 1 heteroatoms. The lowest BCUT2D eigenvalue weighted by molar-refractivity contribution is 0.469. The summed E-state index contributed by atoms with van der Waals surface area (Å²) in [6, 6.07) is 17.7. The Labute approximate surface area is 228 Å². The van der Waals surface area contributed by atoms with Crippen molar-refractivity contribution in [3.05, 3.63) is 67.0 Å². The number of benzene rings is 1. The van der Waals surface area contributed by atoms with Gasteiger partial charge in [0.2, 0.25) is 0 Å². The van der Waals surface area contributed by atoms with Crippen molar-refractivity contribution in [1.29, 1.82) is 0 Å². The molecule has 2 rings (SSSR count). The Bertz CT molecular complexity index is 299. The molecule has 0 aliphatic carbocycles. The summed E-state index contributed by atoms with van der Waals surface area (Å²) in [6.45, 7) is 41.5. The maximum Gasteiger partial charge on any atom is 0.0267 e. The minimum absolute atomic E-state index is 0. The lowest BCUT2D eigenvalue weighted by atomic mass is 10.0. The topological polar surface area (TPSA) is 12.9 Å². The molecule has 35 heavy (non-hydrogen) atoms. The van der Waals surface area contributed by atoms with E-state index in [2.05, 4.69) is 60.4 Å². The number of hydrogen-bond acceptors (Lipinski definition) is 1. The van der Waals surface area contributed by atoms with Gasteiger partial charge < -0.3 is 0 Å². The van der Waals surface area contributed by atoms with E-state index in [0.29, 0.717) is 10.8 Å². The Kier molecular flexibility index (Phi) is 107. The smallest absolute Gasteiger partial charge is 0.0267 e. The van der Waals surface area contributed by atoms with Crippen LogP contribution in [-0.2, 0) is 0 Å². The van der Waals surface area contributed by atoms with Gasteiger partial charge in [0, 0.05) is 12.4 Å². The van der Waals surface area contributed by atoms with Gasteiger partial charge in [0.25, 0.3) is 0 Å². The van der Waals surface area contributed by atoms with Crippen molar-refractivity contribution in [2.45, 2.75) is 146 Å². The highest BCUT2D eigenvalue weighted by Crippen LogP contribution is 2.08. The SMILES string of the molecule is C.CC.CC.CC.CC.CC.CC.CC(C)(C)C.CC(C)(C)C.c1ccccc1.c1ccncc1. The van der Waals surface area contributed by atoms with Crippen molar-refractivity contribution in [2.75, 3.05) is 0 Å². The highest BCUT2D eigenvalue weighted by molar-refractivity contribution is 4.99. The van der Waals surface area contributed by atoms with Gasteiger partial charge in [-0.3, -0.25) is 4.98 Å². The molecule has 0 atom stereocenters. The highest BCUT2D eigenvalue weighted by atomic mass is 14.6. The molecule has 0 fully saturated rings. The molecule has 1 nitrogen and oxygen atoms in total. The fourth-order valence-corrected chi connectivity index (χ4v) is 0.698.